The summed E-state index contributed by atoms with van der Waals surface area (Å²) in [5.74, 6) is -4.64. The highest BCUT2D eigenvalue weighted by Crippen LogP contribution is 2.38. The third-order valence-electron chi connectivity index (χ3n) is 3.58. The summed E-state index contributed by atoms with van der Waals surface area (Å²) in [7, 11) is 0. The first-order valence-electron chi connectivity index (χ1n) is 6.98. The van der Waals surface area contributed by atoms with Gasteiger partial charge in [-0.05, 0) is 31.4 Å². The van der Waals surface area contributed by atoms with Crippen LogP contribution in [-0.4, -0.2) is 24.7 Å². The maximum Gasteiger partial charge on any atom is 0.573 e. The number of alkyl halides is 3. The fraction of sp³-hybridized carbons (Fsp3) is 0.467. The molecule has 0 spiro atoms. The zero-order valence-electron chi connectivity index (χ0n) is 12.2. The van der Waals surface area contributed by atoms with E-state index in [1.807, 2.05) is 0 Å². The number of carbonyl (C=O) groups is 2. The molecule has 126 valence electrons. The van der Waals surface area contributed by atoms with E-state index in [2.05, 4.69) is 4.74 Å². The predicted molar refractivity (Wildman–Crippen MR) is 70.2 cm³/mol. The van der Waals surface area contributed by atoms with E-state index >= 15 is 0 Å². The number of ether oxygens (including phenoxy) is 2. The molecule has 0 radical (unpaired) electrons. The summed E-state index contributed by atoms with van der Waals surface area (Å²) in [6, 6.07) is 2.59. The van der Waals surface area contributed by atoms with Gasteiger partial charge in [0.1, 0.15) is 17.5 Å². The Morgan fingerprint density at radius 1 is 1.30 bits per heavy atom. The molecule has 2 rings (SSSR count). The molecule has 0 heterocycles. The summed E-state index contributed by atoms with van der Waals surface area (Å²) in [5.41, 5.74) is -0.0451. The molecule has 1 aromatic rings. The monoisotopic (exact) mass is 334 g/mol. The van der Waals surface area contributed by atoms with Crippen molar-refractivity contribution in [3.63, 3.8) is 0 Å². The quantitative estimate of drug-likeness (QED) is 0.481. The number of rotatable bonds is 4. The Labute approximate surface area is 129 Å². The number of hydrogen-bond donors (Lipinski definition) is 0. The maximum absolute atomic E-state index is 14.0. The van der Waals surface area contributed by atoms with Gasteiger partial charge in [-0.15, -0.1) is 13.2 Å². The Kier molecular flexibility index (Phi) is 4.91. The van der Waals surface area contributed by atoms with E-state index in [4.69, 9.17) is 4.74 Å². The number of carbonyl (C=O) groups excluding carboxylic acids is 2. The van der Waals surface area contributed by atoms with Gasteiger partial charge < -0.3 is 9.47 Å². The molecular formula is C15H14F4O4. The van der Waals surface area contributed by atoms with Crippen molar-refractivity contribution < 1.29 is 36.6 Å². The van der Waals surface area contributed by atoms with Crippen LogP contribution in [0.25, 0.3) is 0 Å². The summed E-state index contributed by atoms with van der Waals surface area (Å²) >= 11 is 0. The number of Topliss-reactive ketones (excluding diaryl/α,β-unsaturated/α-hetero) is 1. The molecule has 0 aromatic heterocycles. The van der Waals surface area contributed by atoms with E-state index in [1.165, 1.54) is 0 Å². The number of benzene rings is 1. The second-order valence-electron chi connectivity index (χ2n) is 5.07. The Morgan fingerprint density at radius 2 is 2.00 bits per heavy atom. The van der Waals surface area contributed by atoms with Crippen molar-refractivity contribution >= 4 is 11.8 Å². The van der Waals surface area contributed by atoms with E-state index < -0.39 is 41.5 Å². The zero-order valence-corrected chi connectivity index (χ0v) is 12.2. The van der Waals surface area contributed by atoms with Gasteiger partial charge in [-0.1, -0.05) is 6.07 Å². The molecule has 1 saturated carbocycles. The van der Waals surface area contributed by atoms with Crippen LogP contribution in [0.1, 0.15) is 31.2 Å². The van der Waals surface area contributed by atoms with Crippen LogP contribution in [0.4, 0.5) is 17.6 Å². The van der Waals surface area contributed by atoms with E-state index in [1.54, 1.807) is 6.92 Å². The smallest absolute Gasteiger partial charge is 0.465 e. The van der Waals surface area contributed by atoms with Gasteiger partial charge in [0.2, 0.25) is 0 Å². The van der Waals surface area contributed by atoms with Gasteiger partial charge in [-0.3, -0.25) is 9.59 Å². The fourth-order valence-corrected chi connectivity index (χ4v) is 2.63. The summed E-state index contributed by atoms with van der Waals surface area (Å²) in [5, 5.41) is 0. The molecule has 1 fully saturated rings. The minimum atomic E-state index is -4.92. The standard InChI is InChI=1S/C15H14F4O4/c1-2-22-14(21)11-6-5-10(13(11)20)9-4-3-8(7-12(9)16)23-15(17,18)19/h3-4,7,10-11H,2,5-6H2,1H3. The SMILES string of the molecule is CCOC(=O)C1CCC(c2ccc(OC(F)(F)F)cc2F)C1=O. The average molecular weight is 334 g/mol. The van der Waals surface area contributed by atoms with Crippen LogP contribution in [0, 0.1) is 11.7 Å². The molecule has 23 heavy (non-hydrogen) atoms. The third kappa shape index (κ3) is 4.00. The van der Waals surface area contributed by atoms with Gasteiger partial charge in [-0.25, -0.2) is 4.39 Å². The molecule has 0 N–H and O–H groups in total. The maximum atomic E-state index is 14.0. The Hall–Kier alpha value is -2.12. The van der Waals surface area contributed by atoms with Gasteiger partial charge in [-0.2, -0.15) is 0 Å². The van der Waals surface area contributed by atoms with Crippen LogP contribution >= 0.6 is 0 Å². The summed E-state index contributed by atoms with van der Waals surface area (Å²) in [4.78, 5) is 23.9. The second kappa shape index (κ2) is 6.55. The molecule has 0 aliphatic heterocycles. The molecule has 0 saturated heterocycles. The minimum Gasteiger partial charge on any atom is -0.465 e. The predicted octanol–water partition coefficient (Wildman–Crippen LogP) is 3.35. The summed E-state index contributed by atoms with van der Waals surface area (Å²) in [6.07, 6.45) is -4.46. The van der Waals surface area contributed by atoms with Crippen molar-refractivity contribution in [1.82, 2.24) is 0 Å². The lowest BCUT2D eigenvalue weighted by Crippen LogP contribution is -2.24. The molecule has 8 heteroatoms. The van der Waals surface area contributed by atoms with Gasteiger partial charge in [0, 0.05) is 12.0 Å². The molecule has 1 aliphatic carbocycles. The van der Waals surface area contributed by atoms with Gasteiger partial charge >= 0.3 is 12.3 Å². The molecule has 0 amide bonds. The highest BCUT2D eigenvalue weighted by molar-refractivity contribution is 6.04. The first-order valence-corrected chi connectivity index (χ1v) is 6.98. The highest BCUT2D eigenvalue weighted by atomic mass is 19.4. The second-order valence-corrected chi connectivity index (χ2v) is 5.07. The van der Waals surface area contributed by atoms with Gasteiger partial charge in [0.05, 0.1) is 6.61 Å². The van der Waals surface area contributed by atoms with Gasteiger partial charge in [0.15, 0.2) is 5.78 Å². The van der Waals surface area contributed by atoms with Gasteiger partial charge in [0.25, 0.3) is 0 Å². The lowest BCUT2D eigenvalue weighted by atomic mass is 9.94. The minimum absolute atomic E-state index is 0.0451. The first-order chi connectivity index (χ1) is 10.7. The van der Waals surface area contributed by atoms with Crippen molar-refractivity contribution in [3.8, 4) is 5.75 Å². The average Bonchev–Trinajstić information content (AvgIpc) is 2.79. The number of halogens is 4. The Bertz CT molecular complexity index is 612. The van der Waals surface area contributed by atoms with Crippen LogP contribution in [0.5, 0.6) is 5.75 Å². The van der Waals surface area contributed by atoms with E-state index in [0.29, 0.717) is 6.07 Å². The lowest BCUT2D eigenvalue weighted by molar-refractivity contribution is -0.274. The number of ketones is 1. The third-order valence-corrected chi connectivity index (χ3v) is 3.58. The molecule has 2 unspecified atom stereocenters. The molecular weight excluding hydrogens is 320 g/mol. The van der Waals surface area contributed by atoms with Crippen molar-refractivity contribution in [2.24, 2.45) is 5.92 Å². The molecule has 0 bridgehead atoms. The van der Waals surface area contributed by atoms with E-state index in [-0.39, 0.29) is 25.0 Å². The van der Waals surface area contributed by atoms with Crippen LogP contribution < -0.4 is 4.74 Å². The molecule has 1 aromatic carbocycles. The summed E-state index contributed by atoms with van der Waals surface area (Å²) < 4.78 is 58.7. The normalized spacial score (nSPS) is 21.3. The molecule has 2 atom stereocenters. The number of esters is 1. The van der Waals surface area contributed by atoms with Crippen LogP contribution in [0.3, 0.4) is 0 Å². The van der Waals surface area contributed by atoms with E-state index in [9.17, 15) is 27.2 Å². The van der Waals surface area contributed by atoms with E-state index in [0.717, 1.165) is 12.1 Å². The molecule has 4 nitrogen and oxygen atoms in total. The Morgan fingerprint density at radius 3 is 2.57 bits per heavy atom. The first kappa shape index (κ1) is 17.2. The fourth-order valence-electron chi connectivity index (χ4n) is 2.63. The van der Waals surface area contributed by atoms with Crippen molar-refractivity contribution in [2.75, 3.05) is 6.61 Å². The summed E-state index contributed by atoms with van der Waals surface area (Å²) in [6.45, 7) is 1.74. The van der Waals surface area contributed by atoms with Crippen LogP contribution in [0.2, 0.25) is 0 Å². The largest absolute Gasteiger partial charge is 0.573 e. The highest BCUT2D eigenvalue weighted by Gasteiger charge is 2.41. The van der Waals surface area contributed by atoms with Crippen LogP contribution in [-0.2, 0) is 14.3 Å². The topological polar surface area (TPSA) is 52.6 Å². The Balaban J connectivity index is 2.17. The lowest BCUT2D eigenvalue weighted by Gasteiger charge is -2.13. The van der Waals surface area contributed by atoms with Crippen molar-refractivity contribution in [1.29, 1.82) is 0 Å². The molecule has 1 aliphatic rings. The van der Waals surface area contributed by atoms with Crippen molar-refractivity contribution in [3.05, 3.63) is 29.6 Å². The zero-order chi connectivity index (χ0) is 17.2. The van der Waals surface area contributed by atoms with Crippen LogP contribution in [0.15, 0.2) is 18.2 Å². The van der Waals surface area contributed by atoms with Crippen molar-refractivity contribution in [2.45, 2.75) is 32.0 Å². The number of hydrogen-bond acceptors (Lipinski definition) is 4.